The molecule has 0 aliphatic rings. The first-order chi connectivity index (χ1) is 18.6. The van der Waals surface area contributed by atoms with E-state index >= 15 is 0 Å². The Bertz CT molecular complexity index is 1580. The first-order valence-corrected chi connectivity index (χ1v) is 12.5. The number of aryl methyl sites for hydroxylation is 1. The summed E-state index contributed by atoms with van der Waals surface area (Å²) < 4.78 is 7.73. The van der Waals surface area contributed by atoms with Gasteiger partial charge in [-0.05, 0) is 55.0 Å². The van der Waals surface area contributed by atoms with Gasteiger partial charge in [0.25, 0.3) is 5.91 Å². The van der Waals surface area contributed by atoms with Gasteiger partial charge in [0.1, 0.15) is 18.1 Å². The maximum atomic E-state index is 13.0. The number of carbonyl (C=O) groups is 1. The number of carbonyl (C=O) groups excluding carboxylic acids is 1. The van der Waals surface area contributed by atoms with Gasteiger partial charge in [0.15, 0.2) is 0 Å². The molecule has 0 fully saturated rings. The van der Waals surface area contributed by atoms with E-state index in [1.807, 2.05) is 79.9 Å². The number of nitrogens with one attached hydrogen (secondary N) is 1. The van der Waals surface area contributed by atoms with Crippen LogP contribution in [-0.2, 0) is 6.61 Å². The van der Waals surface area contributed by atoms with E-state index in [-0.39, 0.29) is 5.91 Å². The highest BCUT2D eigenvalue weighted by molar-refractivity contribution is 6.30. The Hall–Kier alpha value is -4.68. The molecule has 6 nitrogen and oxygen atoms in total. The number of hydrogen-bond donors (Lipinski definition) is 1. The van der Waals surface area contributed by atoms with Crippen molar-refractivity contribution < 1.29 is 9.53 Å². The fourth-order valence-corrected chi connectivity index (χ4v) is 4.08. The van der Waals surface area contributed by atoms with Gasteiger partial charge in [-0.25, -0.2) is 10.1 Å². The fraction of sp³-hybridized carbons (Fsp3) is 0.0645. The lowest BCUT2D eigenvalue weighted by Gasteiger charge is -2.10. The van der Waals surface area contributed by atoms with Crippen molar-refractivity contribution in [3.63, 3.8) is 0 Å². The van der Waals surface area contributed by atoms with Crippen LogP contribution in [0.2, 0.25) is 5.02 Å². The van der Waals surface area contributed by atoms with Crippen LogP contribution in [0.25, 0.3) is 16.9 Å². The molecule has 5 rings (SSSR count). The molecule has 0 aliphatic carbocycles. The molecule has 38 heavy (non-hydrogen) atoms. The monoisotopic (exact) mass is 520 g/mol. The van der Waals surface area contributed by atoms with Gasteiger partial charge in [0.2, 0.25) is 0 Å². The summed E-state index contributed by atoms with van der Waals surface area (Å²) in [6.45, 7) is 2.35. The Morgan fingerprint density at radius 1 is 0.974 bits per heavy atom. The molecule has 0 bridgehead atoms. The maximum absolute atomic E-state index is 13.0. The molecular formula is C31H25ClN4O2. The summed E-state index contributed by atoms with van der Waals surface area (Å²) in [6.07, 6.45) is 3.50. The summed E-state index contributed by atoms with van der Waals surface area (Å²) in [5.74, 6) is 0.0907. The predicted molar refractivity (Wildman–Crippen MR) is 151 cm³/mol. The zero-order valence-corrected chi connectivity index (χ0v) is 21.5. The van der Waals surface area contributed by atoms with Gasteiger partial charge in [0.05, 0.1) is 17.5 Å². The van der Waals surface area contributed by atoms with E-state index in [4.69, 9.17) is 21.4 Å². The average Bonchev–Trinajstić information content (AvgIpc) is 3.37. The van der Waals surface area contributed by atoms with E-state index in [2.05, 4.69) is 16.6 Å². The molecule has 7 heteroatoms. The highest BCUT2D eigenvalue weighted by Gasteiger charge is 2.14. The summed E-state index contributed by atoms with van der Waals surface area (Å²) in [4.78, 5) is 13.0. The van der Waals surface area contributed by atoms with Crippen molar-refractivity contribution in [1.29, 1.82) is 0 Å². The van der Waals surface area contributed by atoms with Crippen LogP contribution < -0.4 is 10.2 Å². The van der Waals surface area contributed by atoms with Crippen molar-refractivity contribution in [2.24, 2.45) is 5.10 Å². The zero-order valence-electron chi connectivity index (χ0n) is 20.7. The fourth-order valence-electron chi connectivity index (χ4n) is 3.95. The van der Waals surface area contributed by atoms with E-state index in [9.17, 15) is 4.79 Å². The lowest BCUT2D eigenvalue weighted by molar-refractivity contribution is 0.0950. The minimum Gasteiger partial charge on any atom is -0.488 e. The normalized spacial score (nSPS) is 11.0. The third-order valence-electron chi connectivity index (χ3n) is 5.86. The number of rotatable bonds is 8. The first kappa shape index (κ1) is 25.0. The highest BCUT2D eigenvalue weighted by Crippen LogP contribution is 2.24. The second-order valence-corrected chi connectivity index (χ2v) is 9.13. The molecule has 1 amide bonds. The number of nitrogens with zero attached hydrogens (tertiary/aromatic N) is 3. The molecule has 0 aliphatic heterocycles. The predicted octanol–water partition coefficient (Wildman–Crippen LogP) is 6.84. The lowest BCUT2D eigenvalue weighted by atomic mass is 10.1. The maximum Gasteiger partial charge on any atom is 0.275 e. The number of amides is 1. The third kappa shape index (κ3) is 5.99. The summed E-state index contributed by atoms with van der Waals surface area (Å²) in [7, 11) is 0. The minimum atomic E-state index is -0.375. The minimum absolute atomic E-state index is 0.309. The number of hydrogen-bond acceptors (Lipinski definition) is 4. The van der Waals surface area contributed by atoms with Gasteiger partial charge in [-0.1, -0.05) is 77.8 Å². The van der Waals surface area contributed by atoms with Gasteiger partial charge < -0.3 is 4.74 Å². The number of halogens is 1. The van der Waals surface area contributed by atoms with E-state index in [0.717, 1.165) is 33.6 Å². The molecule has 0 atom stereocenters. The van der Waals surface area contributed by atoms with Crippen molar-refractivity contribution in [3.05, 3.63) is 137 Å². The third-order valence-corrected chi connectivity index (χ3v) is 6.12. The van der Waals surface area contributed by atoms with Crippen LogP contribution in [-0.4, -0.2) is 21.9 Å². The molecule has 5 aromatic rings. The van der Waals surface area contributed by atoms with Crippen LogP contribution in [0.5, 0.6) is 5.75 Å². The van der Waals surface area contributed by atoms with Crippen molar-refractivity contribution in [3.8, 4) is 22.7 Å². The van der Waals surface area contributed by atoms with Gasteiger partial charge in [-0.2, -0.15) is 10.2 Å². The number of hydrazone groups is 1. The molecule has 1 N–H and O–H groups in total. The number of para-hydroxylation sites is 2. The first-order valence-electron chi connectivity index (χ1n) is 12.1. The SMILES string of the molecule is Cc1cccc(-c2nn(-c3ccccc3)cc2/C=N\NC(=O)c2ccccc2OCc2ccc(Cl)cc2)c1. The second kappa shape index (κ2) is 11.6. The Morgan fingerprint density at radius 3 is 2.53 bits per heavy atom. The van der Waals surface area contributed by atoms with Crippen LogP contribution in [0.1, 0.15) is 27.0 Å². The van der Waals surface area contributed by atoms with Gasteiger partial charge in [-0.15, -0.1) is 0 Å². The Morgan fingerprint density at radius 2 is 1.74 bits per heavy atom. The van der Waals surface area contributed by atoms with Crippen molar-refractivity contribution >= 4 is 23.7 Å². The lowest BCUT2D eigenvalue weighted by Crippen LogP contribution is -2.18. The van der Waals surface area contributed by atoms with E-state index < -0.39 is 0 Å². The van der Waals surface area contributed by atoms with E-state index in [0.29, 0.717) is 22.9 Å². The largest absolute Gasteiger partial charge is 0.488 e. The second-order valence-electron chi connectivity index (χ2n) is 8.69. The van der Waals surface area contributed by atoms with Crippen molar-refractivity contribution in [1.82, 2.24) is 15.2 Å². The number of aromatic nitrogens is 2. The molecule has 0 radical (unpaired) electrons. The summed E-state index contributed by atoms with van der Waals surface area (Å²) in [5.41, 5.74) is 8.52. The molecule has 0 saturated heterocycles. The van der Waals surface area contributed by atoms with Crippen LogP contribution in [0.3, 0.4) is 0 Å². The van der Waals surface area contributed by atoms with E-state index in [1.54, 1.807) is 41.2 Å². The Labute approximate surface area is 226 Å². The van der Waals surface area contributed by atoms with Crippen molar-refractivity contribution in [2.75, 3.05) is 0 Å². The highest BCUT2D eigenvalue weighted by atomic mass is 35.5. The van der Waals surface area contributed by atoms with Crippen LogP contribution in [0, 0.1) is 6.92 Å². The Kier molecular flexibility index (Phi) is 7.62. The molecule has 1 aromatic heterocycles. The van der Waals surface area contributed by atoms with Gasteiger partial charge in [-0.3, -0.25) is 4.79 Å². The average molecular weight is 521 g/mol. The van der Waals surface area contributed by atoms with Gasteiger partial charge in [0, 0.05) is 22.3 Å². The van der Waals surface area contributed by atoms with Crippen LogP contribution in [0.15, 0.2) is 114 Å². The topological polar surface area (TPSA) is 68.5 Å². The molecule has 0 spiro atoms. The molecule has 1 heterocycles. The Balaban J connectivity index is 1.35. The number of ether oxygens (including phenoxy) is 1. The summed E-state index contributed by atoms with van der Waals surface area (Å²) in [6, 6.07) is 32.4. The number of benzene rings is 4. The molecule has 188 valence electrons. The molecule has 0 unspecified atom stereocenters. The quantitative estimate of drug-likeness (QED) is 0.180. The zero-order chi connectivity index (χ0) is 26.3. The van der Waals surface area contributed by atoms with E-state index in [1.165, 1.54) is 0 Å². The smallest absolute Gasteiger partial charge is 0.275 e. The van der Waals surface area contributed by atoms with Crippen molar-refractivity contribution in [2.45, 2.75) is 13.5 Å². The molecular weight excluding hydrogens is 496 g/mol. The van der Waals surface area contributed by atoms with Crippen LogP contribution in [0.4, 0.5) is 0 Å². The summed E-state index contributed by atoms with van der Waals surface area (Å²) in [5, 5.41) is 9.72. The molecule has 0 saturated carbocycles. The standard InChI is InChI=1S/C31H25ClN4O2/c1-22-8-7-9-24(18-22)30-25(20-36(35-30)27-10-3-2-4-11-27)19-33-34-31(37)28-12-5-6-13-29(28)38-21-23-14-16-26(32)17-15-23/h2-20H,21H2,1H3,(H,34,37)/b33-19-. The molecule has 4 aromatic carbocycles. The van der Waals surface area contributed by atoms with Crippen LogP contribution >= 0.6 is 11.6 Å². The summed E-state index contributed by atoms with van der Waals surface area (Å²) >= 11 is 5.96. The van der Waals surface area contributed by atoms with Gasteiger partial charge >= 0.3 is 0 Å².